The molecule has 5 N–H and O–H groups in total. The highest BCUT2D eigenvalue weighted by atomic mass is 16.7. The standard InChI is InChI=1S/C49H62O14/c1-22-12-11-13-24(3)37-26(5)17-30-32(48(37,9)41(53)36-42(54)49(63-45(36)58)20-27(6)31(43(55)56)21-47(49,8)19-22)14-23(2)15-33(30)61-46-39(52)38(51)40(28(7)60-46)62-44(57)35-25(4)16-29(50)18-34(35)59-10/h13-14,16,18-19,21,26-28,30,32-33,37-40,46,50-53H,11-12,15,17,20H2,1-10H3,(H,55,56)/t26-,27+,28+,30-,32+,33-,37-,38+,39+,40+,46-,47-,48-,49+/m1/s1. The van der Waals surface area contributed by atoms with Crippen LogP contribution in [-0.4, -0.2) is 98.7 Å². The number of fused-ring (bicyclic) bond motifs is 4. The fourth-order valence-corrected chi connectivity index (χ4v) is 12.2. The van der Waals surface area contributed by atoms with Gasteiger partial charge in [0.2, 0.25) is 5.78 Å². The molecule has 14 nitrogen and oxygen atoms in total. The Hall–Kier alpha value is -4.76. The number of aliphatic hydroxyl groups excluding tert-OH is 3. The van der Waals surface area contributed by atoms with Gasteiger partial charge in [-0.25, -0.2) is 14.4 Å². The lowest BCUT2D eigenvalue weighted by Gasteiger charge is -2.56. The first-order valence-electron chi connectivity index (χ1n) is 21.9. The number of carbonyl (C=O) groups excluding carboxylic acids is 3. The number of ether oxygens (including phenoxy) is 5. The number of hydrogen-bond acceptors (Lipinski definition) is 13. The van der Waals surface area contributed by atoms with Gasteiger partial charge in [-0.2, -0.15) is 0 Å². The molecule has 2 aliphatic heterocycles. The van der Waals surface area contributed by atoms with Gasteiger partial charge in [-0.1, -0.05) is 61.8 Å². The summed E-state index contributed by atoms with van der Waals surface area (Å²) in [6.07, 6.45) is 2.29. The number of esters is 2. The highest BCUT2D eigenvalue weighted by Gasteiger charge is 2.67. The zero-order valence-electron chi connectivity index (χ0n) is 37.8. The lowest BCUT2D eigenvalue weighted by atomic mass is 9.48. The van der Waals surface area contributed by atoms with Crippen molar-refractivity contribution < 1.29 is 68.4 Å². The Kier molecular flexibility index (Phi) is 12.2. The molecule has 14 heteroatoms. The number of aliphatic hydroxyl groups is 3. The van der Waals surface area contributed by atoms with Gasteiger partial charge in [0.1, 0.15) is 40.6 Å². The highest BCUT2D eigenvalue weighted by Crippen LogP contribution is 2.62. The number of Topliss-reactive ketones (excluding diaryl/α,β-unsaturated/α-hetero) is 1. The molecule has 1 aromatic carbocycles. The van der Waals surface area contributed by atoms with Gasteiger partial charge in [0.25, 0.3) is 0 Å². The first kappa shape index (κ1) is 46.2. The van der Waals surface area contributed by atoms with Crippen LogP contribution in [0.4, 0.5) is 0 Å². The number of ketones is 1. The van der Waals surface area contributed by atoms with Crippen LogP contribution in [0.1, 0.15) is 103 Å². The molecule has 63 heavy (non-hydrogen) atoms. The third-order valence-corrected chi connectivity index (χ3v) is 15.1. The molecular formula is C49H62O14. The monoisotopic (exact) mass is 874 g/mol. The quantitative estimate of drug-likeness (QED) is 0.114. The van der Waals surface area contributed by atoms with Gasteiger partial charge < -0.3 is 49.2 Å². The van der Waals surface area contributed by atoms with Crippen LogP contribution in [0.5, 0.6) is 11.5 Å². The van der Waals surface area contributed by atoms with Crippen LogP contribution in [0.25, 0.3) is 0 Å². The Labute approximate surface area is 368 Å². The largest absolute Gasteiger partial charge is 0.511 e. The Morgan fingerprint density at radius 1 is 0.952 bits per heavy atom. The second-order valence-electron chi connectivity index (χ2n) is 19.5. The van der Waals surface area contributed by atoms with Crippen LogP contribution in [-0.2, 0) is 33.3 Å². The molecule has 1 aromatic rings. The third-order valence-electron chi connectivity index (χ3n) is 15.1. The van der Waals surface area contributed by atoms with Crippen molar-refractivity contribution in [3.05, 3.63) is 81.2 Å². The average molecular weight is 875 g/mol. The number of carbonyl (C=O) groups is 4. The van der Waals surface area contributed by atoms with Gasteiger partial charge in [0.15, 0.2) is 18.0 Å². The Bertz CT molecular complexity index is 2250. The summed E-state index contributed by atoms with van der Waals surface area (Å²) in [5.74, 6) is -5.98. The molecule has 0 radical (unpaired) electrons. The molecule has 6 aliphatic rings. The molecular weight excluding hydrogens is 813 g/mol. The number of rotatable bonds is 6. The van der Waals surface area contributed by atoms with E-state index >= 15 is 4.79 Å². The minimum atomic E-state index is -1.80. The van der Waals surface area contributed by atoms with E-state index < -0.39 is 94.3 Å². The second-order valence-corrected chi connectivity index (χ2v) is 19.5. The SMILES string of the molecule is COc1cc(O)cc(C)c1C(=O)O[C@@H]1[C@@H](O)[C@H](O)[C@@H](O[C@@H]2CC(C)=C[C@H]3[C@H]2C[C@@H](C)[C@H]2C(C)=CCCC(C)=C[C@]4(C)C=C(C(=O)O)[C@@H](C)C[C@@]45OC(=O)C(=C(O)[C@@]23C)C5=O)O[C@H]1C. The minimum absolute atomic E-state index is 0.0443. The lowest BCUT2D eigenvalue weighted by molar-refractivity contribution is -0.310. The number of hydrogen-bond donors (Lipinski definition) is 5. The van der Waals surface area contributed by atoms with Crippen molar-refractivity contribution in [2.45, 2.75) is 137 Å². The summed E-state index contributed by atoms with van der Waals surface area (Å²) in [5, 5.41) is 56.1. The van der Waals surface area contributed by atoms with Gasteiger partial charge in [-0.15, -0.1) is 0 Å². The number of phenols is 1. The van der Waals surface area contributed by atoms with E-state index in [1.54, 1.807) is 27.7 Å². The smallest absolute Gasteiger partial charge is 0.346 e. The van der Waals surface area contributed by atoms with Crippen LogP contribution in [0, 0.1) is 47.3 Å². The van der Waals surface area contributed by atoms with Crippen molar-refractivity contribution in [2.24, 2.45) is 40.4 Å². The number of methoxy groups -OCH3 is 1. The van der Waals surface area contributed by atoms with Crippen molar-refractivity contribution in [3.8, 4) is 11.5 Å². The lowest BCUT2D eigenvalue weighted by Crippen LogP contribution is -2.60. The van der Waals surface area contributed by atoms with Crippen LogP contribution >= 0.6 is 0 Å². The van der Waals surface area contributed by atoms with Gasteiger partial charge in [-0.3, -0.25) is 4.79 Å². The second kappa shape index (κ2) is 16.7. The van der Waals surface area contributed by atoms with Crippen LogP contribution in [0.15, 0.2) is 70.1 Å². The van der Waals surface area contributed by atoms with E-state index in [4.69, 9.17) is 23.7 Å². The fraction of sp³-hybridized carbons (Fsp3) is 0.592. The molecule has 1 saturated carbocycles. The Morgan fingerprint density at radius 2 is 1.65 bits per heavy atom. The van der Waals surface area contributed by atoms with E-state index in [-0.39, 0.29) is 52.6 Å². The van der Waals surface area contributed by atoms with E-state index in [1.165, 1.54) is 25.3 Å². The molecule has 2 saturated heterocycles. The van der Waals surface area contributed by atoms with E-state index in [2.05, 4.69) is 19.1 Å². The van der Waals surface area contributed by atoms with Crippen molar-refractivity contribution in [3.63, 3.8) is 0 Å². The summed E-state index contributed by atoms with van der Waals surface area (Å²) in [4.78, 5) is 55.3. The molecule has 3 fully saturated rings. The molecule has 1 spiro atoms. The summed E-state index contributed by atoms with van der Waals surface area (Å²) in [6, 6.07) is 2.65. The number of allylic oxidation sites excluding steroid dienone is 5. The molecule has 0 unspecified atom stereocenters. The predicted molar refractivity (Wildman–Crippen MR) is 228 cm³/mol. The zero-order chi connectivity index (χ0) is 46.2. The minimum Gasteiger partial charge on any atom is -0.511 e. The number of aromatic hydroxyl groups is 1. The van der Waals surface area contributed by atoms with Gasteiger partial charge in [-0.05, 0) is 108 Å². The summed E-state index contributed by atoms with van der Waals surface area (Å²) in [6.45, 7) is 16.4. The summed E-state index contributed by atoms with van der Waals surface area (Å²) < 4.78 is 30.1. The number of phenolic OH excluding ortho intramolecular Hbond substituents is 1. The first-order chi connectivity index (χ1) is 29.5. The van der Waals surface area contributed by atoms with Crippen molar-refractivity contribution >= 4 is 23.7 Å². The molecule has 14 atom stereocenters. The van der Waals surface area contributed by atoms with E-state index in [9.17, 15) is 39.9 Å². The van der Waals surface area contributed by atoms with Crippen molar-refractivity contribution in [2.75, 3.05) is 7.11 Å². The molecule has 2 heterocycles. The maximum atomic E-state index is 15.1. The molecule has 2 bridgehead atoms. The van der Waals surface area contributed by atoms with Gasteiger partial charge in [0.05, 0.1) is 24.7 Å². The maximum Gasteiger partial charge on any atom is 0.346 e. The molecule has 342 valence electrons. The van der Waals surface area contributed by atoms with Gasteiger partial charge >= 0.3 is 17.9 Å². The highest BCUT2D eigenvalue weighted by molar-refractivity contribution is 6.26. The molecule has 4 aliphatic carbocycles. The number of carboxylic acid groups (broad SMARTS) is 1. The van der Waals surface area contributed by atoms with Crippen LogP contribution < -0.4 is 4.74 Å². The molecule has 7 rings (SSSR count). The number of aryl methyl sites for hydroxylation is 1. The number of aliphatic carboxylic acids is 1. The number of benzene rings is 1. The van der Waals surface area contributed by atoms with Crippen LogP contribution in [0.2, 0.25) is 0 Å². The number of carboxylic acids is 1. The predicted octanol–water partition coefficient (Wildman–Crippen LogP) is 6.75. The summed E-state index contributed by atoms with van der Waals surface area (Å²) >= 11 is 0. The average Bonchev–Trinajstić information content (AvgIpc) is 3.44. The summed E-state index contributed by atoms with van der Waals surface area (Å²) in [7, 11) is 1.34. The normalized spacial score (nSPS) is 39.3. The van der Waals surface area contributed by atoms with E-state index in [1.807, 2.05) is 33.8 Å². The van der Waals surface area contributed by atoms with Crippen molar-refractivity contribution in [1.82, 2.24) is 0 Å². The van der Waals surface area contributed by atoms with Crippen molar-refractivity contribution in [1.29, 1.82) is 0 Å². The third kappa shape index (κ3) is 7.54. The topological polar surface area (TPSA) is 216 Å². The maximum absolute atomic E-state index is 15.1. The zero-order valence-corrected chi connectivity index (χ0v) is 37.8. The fourth-order valence-electron chi connectivity index (χ4n) is 12.2. The Morgan fingerprint density at radius 3 is 2.32 bits per heavy atom. The molecule has 0 aromatic heterocycles. The van der Waals surface area contributed by atoms with E-state index in [0.29, 0.717) is 31.2 Å². The van der Waals surface area contributed by atoms with Crippen LogP contribution in [0.3, 0.4) is 0 Å². The van der Waals surface area contributed by atoms with E-state index in [0.717, 1.165) is 16.7 Å². The Balaban J connectivity index is 1.24. The first-order valence-corrected chi connectivity index (χ1v) is 21.9. The van der Waals surface area contributed by atoms with Gasteiger partial charge in [0, 0.05) is 23.5 Å². The molecule has 0 amide bonds. The summed E-state index contributed by atoms with van der Waals surface area (Å²) in [5.41, 5.74) is -1.50.